The van der Waals surface area contributed by atoms with Gasteiger partial charge in [-0.2, -0.15) is 5.10 Å². The van der Waals surface area contributed by atoms with Crippen molar-refractivity contribution < 1.29 is 0 Å². The lowest BCUT2D eigenvalue weighted by Gasteiger charge is -2.23. The maximum atomic E-state index is 4.71. The highest BCUT2D eigenvalue weighted by atomic mass is 15.2. The van der Waals surface area contributed by atoms with Crippen molar-refractivity contribution in [2.75, 3.05) is 25.0 Å². The standard InChI is InChI=1S/C17H20N6/c1-6-14(16-13-5-3-9-19-17(13)23-22-16)21-15(7-1)20-11-12-4-2-8-18-10-12/h1,3,5-7,9,12,18H,2,4,8,10-11H2,(H,20,21)(H,19,22,23). The van der Waals surface area contributed by atoms with Crippen molar-refractivity contribution in [3.8, 4) is 11.4 Å². The van der Waals surface area contributed by atoms with Crippen LogP contribution in [0.3, 0.4) is 0 Å². The van der Waals surface area contributed by atoms with Gasteiger partial charge in [0, 0.05) is 18.1 Å². The Morgan fingerprint density at radius 2 is 2.22 bits per heavy atom. The van der Waals surface area contributed by atoms with Gasteiger partial charge in [0.05, 0.1) is 5.69 Å². The van der Waals surface area contributed by atoms with Crippen molar-refractivity contribution in [3.05, 3.63) is 36.5 Å². The minimum Gasteiger partial charge on any atom is -0.370 e. The van der Waals surface area contributed by atoms with Crippen LogP contribution in [0.1, 0.15) is 12.8 Å². The molecule has 3 N–H and O–H groups in total. The van der Waals surface area contributed by atoms with E-state index in [0.717, 1.165) is 47.9 Å². The third-order valence-electron chi connectivity index (χ3n) is 4.30. The molecular weight excluding hydrogens is 288 g/mol. The van der Waals surface area contributed by atoms with Crippen molar-refractivity contribution in [2.45, 2.75) is 12.8 Å². The van der Waals surface area contributed by atoms with Gasteiger partial charge in [0.1, 0.15) is 11.5 Å². The van der Waals surface area contributed by atoms with Crippen molar-refractivity contribution in [2.24, 2.45) is 5.92 Å². The third-order valence-corrected chi connectivity index (χ3v) is 4.30. The van der Waals surface area contributed by atoms with E-state index in [1.165, 1.54) is 12.8 Å². The van der Waals surface area contributed by atoms with E-state index in [2.05, 4.69) is 25.8 Å². The Morgan fingerprint density at radius 3 is 3.13 bits per heavy atom. The first-order chi connectivity index (χ1) is 11.4. The monoisotopic (exact) mass is 308 g/mol. The summed E-state index contributed by atoms with van der Waals surface area (Å²) in [7, 11) is 0. The molecule has 23 heavy (non-hydrogen) atoms. The molecule has 6 nitrogen and oxygen atoms in total. The maximum Gasteiger partial charge on any atom is 0.155 e. The summed E-state index contributed by atoms with van der Waals surface area (Å²) in [6.07, 6.45) is 4.29. The Bertz CT molecular complexity index is 790. The van der Waals surface area contributed by atoms with Crippen LogP contribution < -0.4 is 10.6 Å². The number of nitrogens with one attached hydrogen (secondary N) is 3. The van der Waals surface area contributed by atoms with Gasteiger partial charge in [0.15, 0.2) is 5.65 Å². The Morgan fingerprint density at radius 1 is 1.22 bits per heavy atom. The number of nitrogens with zero attached hydrogens (tertiary/aromatic N) is 3. The normalized spacial score (nSPS) is 18.2. The highest BCUT2D eigenvalue weighted by Crippen LogP contribution is 2.24. The molecule has 0 radical (unpaired) electrons. The van der Waals surface area contributed by atoms with Crippen LogP contribution in [0.25, 0.3) is 22.4 Å². The summed E-state index contributed by atoms with van der Waals surface area (Å²) in [5.41, 5.74) is 2.49. The predicted molar refractivity (Wildman–Crippen MR) is 91.2 cm³/mol. The number of hydrogen-bond acceptors (Lipinski definition) is 5. The molecule has 4 rings (SSSR count). The van der Waals surface area contributed by atoms with Crippen molar-refractivity contribution in [1.82, 2.24) is 25.5 Å². The van der Waals surface area contributed by atoms with E-state index in [1.807, 2.05) is 30.3 Å². The van der Waals surface area contributed by atoms with Gasteiger partial charge >= 0.3 is 0 Å². The van der Waals surface area contributed by atoms with Crippen LogP contribution >= 0.6 is 0 Å². The quantitative estimate of drug-likeness (QED) is 0.690. The molecule has 0 aromatic carbocycles. The fourth-order valence-electron chi connectivity index (χ4n) is 3.06. The molecule has 1 unspecified atom stereocenters. The van der Waals surface area contributed by atoms with Gasteiger partial charge in [0.25, 0.3) is 0 Å². The largest absolute Gasteiger partial charge is 0.370 e. The topological polar surface area (TPSA) is 78.5 Å². The molecule has 6 heteroatoms. The minimum absolute atomic E-state index is 0.671. The van der Waals surface area contributed by atoms with E-state index >= 15 is 0 Å². The number of pyridine rings is 2. The second kappa shape index (κ2) is 6.34. The lowest BCUT2D eigenvalue weighted by Crippen LogP contribution is -2.33. The predicted octanol–water partition coefficient (Wildman–Crippen LogP) is 2.43. The van der Waals surface area contributed by atoms with Gasteiger partial charge < -0.3 is 10.6 Å². The molecule has 1 fully saturated rings. The highest BCUT2D eigenvalue weighted by Gasteiger charge is 2.13. The van der Waals surface area contributed by atoms with Crippen LogP contribution in [0.5, 0.6) is 0 Å². The molecule has 1 atom stereocenters. The number of hydrogen-bond donors (Lipinski definition) is 3. The molecule has 1 aliphatic heterocycles. The summed E-state index contributed by atoms with van der Waals surface area (Å²) in [5.74, 6) is 1.57. The SMILES string of the molecule is c1cc(NCC2CCCNC2)nc(-c2n[nH]c3ncccc23)c1. The van der Waals surface area contributed by atoms with Gasteiger partial charge in [-0.15, -0.1) is 0 Å². The van der Waals surface area contributed by atoms with Crippen LogP contribution in [0.2, 0.25) is 0 Å². The first kappa shape index (κ1) is 14.1. The number of aromatic nitrogens is 4. The average molecular weight is 308 g/mol. The number of piperidine rings is 1. The molecule has 118 valence electrons. The number of fused-ring (bicyclic) bond motifs is 1. The van der Waals surface area contributed by atoms with E-state index < -0.39 is 0 Å². The van der Waals surface area contributed by atoms with E-state index in [9.17, 15) is 0 Å². The number of aromatic amines is 1. The van der Waals surface area contributed by atoms with Crippen LogP contribution in [0.4, 0.5) is 5.82 Å². The molecule has 0 spiro atoms. The maximum absolute atomic E-state index is 4.71. The van der Waals surface area contributed by atoms with Gasteiger partial charge in [-0.3, -0.25) is 5.10 Å². The summed E-state index contributed by atoms with van der Waals surface area (Å²) < 4.78 is 0. The fraction of sp³-hybridized carbons (Fsp3) is 0.353. The Hall–Kier alpha value is -2.47. The molecule has 1 saturated heterocycles. The Labute approximate surface area is 134 Å². The zero-order valence-electron chi connectivity index (χ0n) is 12.9. The third kappa shape index (κ3) is 3.03. The first-order valence-corrected chi connectivity index (χ1v) is 8.11. The van der Waals surface area contributed by atoms with E-state index in [1.54, 1.807) is 6.20 Å². The Balaban J connectivity index is 1.54. The summed E-state index contributed by atoms with van der Waals surface area (Å²) in [6.45, 7) is 3.18. The molecule has 3 aromatic heterocycles. The van der Waals surface area contributed by atoms with Gasteiger partial charge in [-0.1, -0.05) is 6.07 Å². The molecule has 3 aromatic rings. The van der Waals surface area contributed by atoms with Crippen LogP contribution in [-0.2, 0) is 0 Å². The Kier molecular flexibility index (Phi) is 3.90. The van der Waals surface area contributed by atoms with E-state index in [4.69, 9.17) is 4.98 Å². The van der Waals surface area contributed by atoms with Crippen molar-refractivity contribution >= 4 is 16.9 Å². The van der Waals surface area contributed by atoms with E-state index in [-0.39, 0.29) is 0 Å². The summed E-state index contributed by atoms with van der Waals surface area (Å²) >= 11 is 0. The van der Waals surface area contributed by atoms with Crippen molar-refractivity contribution in [1.29, 1.82) is 0 Å². The summed E-state index contributed by atoms with van der Waals surface area (Å²) in [6, 6.07) is 9.93. The molecule has 4 heterocycles. The van der Waals surface area contributed by atoms with Gasteiger partial charge in [0.2, 0.25) is 0 Å². The second-order valence-electron chi connectivity index (χ2n) is 5.97. The number of anilines is 1. The molecule has 0 saturated carbocycles. The smallest absolute Gasteiger partial charge is 0.155 e. The lowest BCUT2D eigenvalue weighted by atomic mass is 10.00. The highest BCUT2D eigenvalue weighted by molar-refractivity contribution is 5.89. The molecule has 0 amide bonds. The van der Waals surface area contributed by atoms with Crippen LogP contribution in [0.15, 0.2) is 36.5 Å². The molecule has 1 aliphatic rings. The van der Waals surface area contributed by atoms with Crippen molar-refractivity contribution in [3.63, 3.8) is 0 Å². The van der Waals surface area contributed by atoms with Crippen LogP contribution in [0, 0.1) is 5.92 Å². The number of rotatable bonds is 4. The lowest BCUT2D eigenvalue weighted by molar-refractivity contribution is 0.392. The fourth-order valence-corrected chi connectivity index (χ4v) is 3.06. The van der Waals surface area contributed by atoms with Crippen LogP contribution in [-0.4, -0.2) is 39.8 Å². The minimum atomic E-state index is 0.671. The summed E-state index contributed by atoms with van der Waals surface area (Å²) in [4.78, 5) is 8.99. The average Bonchev–Trinajstić information content (AvgIpc) is 3.05. The zero-order chi connectivity index (χ0) is 15.5. The zero-order valence-corrected chi connectivity index (χ0v) is 12.9. The summed E-state index contributed by atoms with van der Waals surface area (Å²) in [5, 5.41) is 15.2. The molecule has 0 bridgehead atoms. The first-order valence-electron chi connectivity index (χ1n) is 8.11. The van der Waals surface area contributed by atoms with Gasteiger partial charge in [-0.25, -0.2) is 9.97 Å². The van der Waals surface area contributed by atoms with E-state index in [0.29, 0.717) is 5.92 Å². The second-order valence-corrected chi connectivity index (χ2v) is 5.97. The number of H-pyrrole nitrogens is 1. The molecular formula is C17H20N6. The van der Waals surface area contributed by atoms with Gasteiger partial charge in [-0.05, 0) is 56.1 Å². The molecule has 0 aliphatic carbocycles.